The Balaban J connectivity index is 2.42. The lowest BCUT2D eigenvalue weighted by molar-refractivity contribution is 0.328. The molecular weight excluding hydrogens is 152 g/mol. The van der Waals surface area contributed by atoms with Gasteiger partial charge in [-0.15, -0.1) is 16.7 Å². The normalized spacial score (nSPS) is 9.80. The third-order valence-corrected chi connectivity index (χ3v) is 1.16. The molecule has 1 rings (SSSR count). The first-order chi connectivity index (χ1) is 4.83. The molecule has 1 N–H and O–H groups in total. The number of aromatic amines is 1. The number of aryl methyl sites for hydroxylation is 1. The van der Waals surface area contributed by atoms with Crippen LogP contribution in [0.4, 0.5) is 0 Å². The van der Waals surface area contributed by atoms with Gasteiger partial charge in [0.05, 0.1) is 5.88 Å². The summed E-state index contributed by atoms with van der Waals surface area (Å²) in [6.45, 7) is 2.42. The summed E-state index contributed by atoms with van der Waals surface area (Å²) >= 11 is 5.40. The van der Waals surface area contributed by atoms with Crippen LogP contribution in [-0.4, -0.2) is 22.7 Å². The highest BCUT2D eigenvalue weighted by atomic mass is 35.5. The second kappa shape index (κ2) is 3.46. The molecule has 0 fully saturated rings. The molecule has 0 atom stereocenters. The van der Waals surface area contributed by atoms with Gasteiger partial charge in [-0.25, -0.2) is 0 Å². The molecule has 1 aromatic rings. The van der Waals surface area contributed by atoms with E-state index in [1.165, 1.54) is 0 Å². The van der Waals surface area contributed by atoms with Gasteiger partial charge in [0, 0.05) is 11.8 Å². The topological polar surface area (TPSA) is 37.9 Å². The van der Waals surface area contributed by atoms with Crippen molar-refractivity contribution in [2.75, 3.05) is 12.5 Å². The van der Waals surface area contributed by atoms with Gasteiger partial charge in [0.2, 0.25) is 5.88 Å². The molecule has 0 unspecified atom stereocenters. The van der Waals surface area contributed by atoms with Crippen molar-refractivity contribution in [3.8, 4) is 5.88 Å². The first-order valence-corrected chi connectivity index (χ1v) is 3.57. The Kier molecular flexibility index (Phi) is 2.57. The third kappa shape index (κ3) is 1.92. The van der Waals surface area contributed by atoms with Gasteiger partial charge < -0.3 is 4.74 Å². The van der Waals surface area contributed by atoms with E-state index in [4.69, 9.17) is 16.3 Å². The Bertz CT molecular complexity index is 199. The summed E-state index contributed by atoms with van der Waals surface area (Å²) in [7, 11) is 0. The molecule has 1 heterocycles. The lowest BCUT2D eigenvalue weighted by Gasteiger charge is -1.95. The minimum atomic E-state index is 0.492. The third-order valence-electron chi connectivity index (χ3n) is 1.01. The molecule has 0 spiro atoms. The van der Waals surface area contributed by atoms with Gasteiger partial charge >= 0.3 is 0 Å². The summed E-state index contributed by atoms with van der Waals surface area (Å²) in [5, 5.41) is 6.61. The van der Waals surface area contributed by atoms with Gasteiger partial charge in [-0.05, 0) is 6.92 Å². The fraction of sp³-hybridized carbons (Fsp3) is 0.500. The number of nitrogens with zero attached hydrogens (tertiary/aromatic N) is 1. The first-order valence-electron chi connectivity index (χ1n) is 3.03. The predicted octanol–water partition coefficient (Wildman–Crippen LogP) is 1.34. The number of H-pyrrole nitrogens is 1. The van der Waals surface area contributed by atoms with E-state index >= 15 is 0 Å². The maximum atomic E-state index is 5.40. The zero-order valence-electron chi connectivity index (χ0n) is 5.72. The standard InChI is InChI=1S/C6H9ClN2O/c1-5-4-6(9-8-5)10-3-2-7/h4H,2-3H2,1H3,(H,8,9). The van der Waals surface area contributed by atoms with Crippen LogP contribution in [-0.2, 0) is 0 Å². The molecule has 4 heteroatoms. The molecule has 0 amide bonds. The lowest BCUT2D eigenvalue weighted by atomic mass is 10.5. The maximum Gasteiger partial charge on any atom is 0.232 e. The van der Waals surface area contributed by atoms with E-state index in [2.05, 4.69) is 10.2 Å². The quantitative estimate of drug-likeness (QED) is 0.678. The average Bonchev–Trinajstić information content (AvgIpc) is 2.31. The molecule has 0 aliphatic carbocycles. The van der Waals surface area contributed by atoms with Crippen LogP contribution in [0.15, 0.2) is 6.07 Å². The molecule has 0 aromatic carbocycles. The Morgan fingerprint density at radius 2 is 2.60 bits per heavy atom. The lowest BCUT2D eigenvalue weighted by Crippen LogP contribution is -1.97. The fourth-order valence-corrected chi connectivity index (χ4v) is 0.687. The summed E-state index contributed by atoms with van der Waals surface area (Å²) in [6, 6.07) is 1.83. The Morgan fingerprint density at radius 1 is 1.80 bits per heavy atom. The molecule has 1 aromatic heterocycles. The van der Waals surface area contributed by atoms with Crippen molar-refractivity contribution in [3.63, 3.8) is 0 Å². The molecule has 0 saturated heterocycles. The van der Waals surface area contributed by atoms with Gasteiger partial charge in [-0.1, -0.05) is 0 Å². The van der Waals surface area contributed by atoms with Crippen molar-refractivity contribution < 1.29 is 4.74 Å². The molecule has 10 heavy (non-hydrogen) atoms. The van der Waals surface area contributed by atoms with Crippen LogP contribution >= 0.6 is 11.6 Å². The van der Waals surface area contributed by atoms with Crippen LogP contribution in [0.1, 0.15) is 5.69 Å². The van der Waals surface area contributed by atoms with E-state index in [0.717, 1.165) is 5.69 Å². The van der Waals surface area contributed by atoms with E-state index in [-0.39, 0.29) is 0 Å². The van der Waals surface area contributed by atoms with E-state index in [0.29, 0.717) is 18.4 Å². The molecule has 0 bridgehead atoms. The number of hydrogen-bond acceptors (Lipinski definition) is 2. The minimum Gasteiger partial charge on any atom is -0.475 e. The van der Waals surface area contributed by atoms with Gasteiger partial charge in [0.1, 0.15) is 6.61 Å². The summed E-state index contributed by atoms with van der Waals surface area (Å²) < 4.78 is 5.10. The number of halogens is 1. The Morgan fingerprint density at radius 3 is 3.10 bits per heavy atom. The summed E-state index contributed by atoms with van der Waals surface area (Å²) in [4.78, 5) is 0. The molecular formula is C6H9ClN2O. The number of nitrogens with one attached hydrogen (secondary N) is 1. The van der Waals surface area contributed by atoms with Crippen molar-refractivity contribution in [1.29, 1.82) is 0 Å². The van der Waals surface area contributed by atoms with Crippen LogP contribution in [0.2, 0.25) is 0 Å². The highest BCUT2D eigenvalue weighted by molar-refractivity contribution is 6.17. The van der Waals surface area contributed by atoms with Crippen LogP contribution < -0.4 is 4.74 Å². The largest absolute Gasteiger partial charge is 0.475 e. The second-order valence-electron chi connectivity index (χ2n) is 1.93. The molecule has 0 aliphatic heterocycles. The average molecular weight is 161 g/mol. The SMILES string of the molecule is Cc1cc(OCCCl)n[nH]1. The van der Waals surface area contributed by atoms with Gasteiger partial charge in [-0.2, -0.15) is 0 Å². The fourth-order valence-electron chi connectivity index (χ4n) is 0.610. The predicted molar refractivity (Wildman–Crippen MR) is 39.5 cm³/mol. The summed E-state index contributed by atoms with van der Waals surface area (Å²) in [5.74, 6) is 1.10. The molecule has 56 valence electrons. The number of hydrogen-bond donors (Lipinski definition) is 1. The van der Waals surface area contributed by atoms with E-state index < -0.39 is 0 Å². The van der Waals surface area contributed by atoms with E-state index in [1.54, 1.807) is 0 Å². The summed E-state index contributed by atoms with van der Waals surface area (Å²) in [5.41, 5.74) is 0.990. The van der Waals surface area contributed by atoms with Crippen molar-refractivity contribution in [2.24, 2.45) is 0 Å². The van der Waals surface area contributed by atoms with Gasteiger partial charge in [-0.3, -0.25) is 5.10 Å². The number of aromatic nitrogens is 2. The Labute approximate surface area is 64.3 Å². The van der Waals surface area contributed by atoms with Crippen LogP contribution in [0.3, 0.4) is 0 Å². The van der Waals surface area contributed by atoms with Crippen LogP contribution in [0.25, 0.3) is 0 Å². The highest BCUT2D eigenvalue weighted by Crippen LogP contribution is 2.05. The summed E-state index contributed by atoms with van der Waals surface area (Å²) in [6.07, 6.45) is 0. The van der Waals surface area contributed by atoms with Crippen molar-refractivity contribution >= 4 is 11.6 Å². The number of alkyl halides is 1. The molecule has 3 nitrogen and oxygen atoms in total. The zero-order valence-corrected chi connectivity index (χ0v) is 6.48. The van der Waals surface area contributed by atoms with Crippen molar-refractivity contribution in [1.82, 2.24) is 10.2 Å². The van der Waals surface area contributed by atoms with E-state index in [9.17, 15) is 0 Å². The monoisotopic (exact) mass is 160 g/mol. The first kappa shape index (κ1) is 7.41. The van der Waals surface area contributed by atoms with Gasteiger partial charge in [0.25, 0.3) is 0 Å². The number of ether oxygens (including phenoxy) is 1. The smallest absolute Gasteiger partial charge is 0.232 e. The zero-order chi connectivity index (χ0) is 7.40. The Hall–Kier alpha value is -0.700. The van der Waals surface area contributed by atoms with Crippen molar-refractivity contribution in [2.45, 2.75) is 6.92 Å². The molecule has 0 radical (unpaired) electrons. The highest BCUT2D eigenvalue weighted by Gasteiger charge is 1.95. The minimum absolute atomic E-state index is 0.492. The molecule has 0 saturated carbocycles. The second-order valence-corrected chi connectivity index (χ2v) is 2.30. The van der Waals surface area contributed by atoms with E-state index in [1.807, 2.05) is 13.0 Å². The van der Waals surface area contributed by atoms with Crippen molar-refractivity contribution in [3.05, 3.63) is 11.8 Å². The number of rotatable bonds is 3. The van der Waals surface area contributed by atoms with Gasteiger partial charge in [0.15, 0.2) is 0 Å². The van der Waals surface area contributed by atoms with Crippen LogP contribution in [0.5, 0.6) is 5.88 Å². The van der Waals surface area contributed by atoms with Crippen LogP contribution in [0, 0.1) is 6.92 Å². The maximum absolute atomic E-state index is 5.40. The molecule has 0 aliphatic rings.